The van der Waals surface area contributed by atoms with Crippen LogP contribution in [0, 0.1) is 0 Å². The number of nitrogens with zero attached hydrogens (tertiary/aromatic N) is 3. The lowest BCUT2D eigenvalue weighted by molar-refractivity contribution is 0.668. The van der Waals surface area contributed by atoms with E-state index in [4.69, 9.17) is 13.3 Å². The maximum atomic E-state index is 7.50. The summed E-state index contributed by atoms with van der Waals surface area (Å²) in [5.74, 6) is 0. The van der Waals surface area contributed by atoms with Crippen molar-refractivity contribution in [2.75, 3.05) is 4.90 Å². The molecule has 0 aliphatic carbocycles. The SMILES string of the molecule is c1ccc(N(c2ccccc2)c2cc3c4ccc5c(c6ccccc6n5-c5ccc6oc7ccccc7c6c5)c4oc3c3c4ccccc4n(-c4ccc5oc6ccccc6c5c4)c23)cc1. The third-order valence-corrected chi connectivity index (χ3v) is 13.7. The summed E-state index contributed by atoms with van der Waals surface area (Å²) < 4.78 is 24.9. The molecule has 5 aromatic heterocycles. The quantitative estimate of drug-likeness (QED) is 0.173. The molecule has 0 fully saturated rings. The van der Waals surface area contributed by atoms with Crippen LogP contribution in [0.25, 0.3) is 121 Å². The number of fused-ring (bicyclic) bond motifs is 17. The number of anilines is 3. The van der Waals surface area contributed by atoms with Gasteiger partial charge >= 0.3 is 0 Å². The first-order valence-corrected chi connectivity index (χ1v) is 22.3. The van der Waals surface area contributed by atoms with Crippen LogP contribution in [0.15, 0.2) is 226 Å². The highest BCUT2D eigenvalue weighted by molar-refractivity contribution is 6.31. The van der Waals surface area contributed by atoms with E-state index in [1.807, 2.05) is 24.3 Å². The molecular weight excluding hydrogens is 811 g/mol. The van der Waals surface area contributed by atoms with Crippen LogP contribution in [0.1, 0.15) is 0 Å². The largest absolute Gasteiger partial charge is 0.456 e. The number of rotatable bonds is 5. The van der Waals surface area contributed by atoms with Gasteiger partial charge in [0.1, 0.15) is 33.5 Å². The van der Waals surface area contributed by atoms with Gasteiger partial charge in [0, 0.05) is 65.8 Å². The number of hydrogen-bond donors (Lipinski definition) is 0. The lowest BCUT2D eigenvalue weighted by Crippen LogP contribution is -2.11. The van der Waals surface area contributed by atoms with Gasteiger partial charge < -0.3 is 27.3 Å². The Labute approximate surface area is 375 Å². The van der Waals surface area contributed by atoms with Crippen molar-refractivity contribution in [3.8, 4) is 11.4 Å². The Balaban J connectivity index is 1.09. The van der Waals surface area contributed by atoms with Crippen LogP contribution in [-0.2, 0) is 0 Å². The van der Waals surface area contributed by atoms with E-state index in [0.29, 0.717) is 0 Å². The fourth-order valence-corrected chi connectivity index (χ4v) is 10.9. The van der Waals surface area contributed by atoms with E-state index in [0.717, 1.165) is 138 Å². The van der Waals surface area contributed by atoms with Gasteiger partial charge in [-0.05, 0) is 103 Å². The third-order valence-electron chi connectivity index (χ3n) is 13.7. The van der Waals surface area contributed by atoms with Crippen molar-refractivity contribution in [2.24, 2.45) is 0 Å². The average Bonchev–Trinajstić information content (AvgIpc) is 4.19. The second kappa shape index (κ2) is 13.3. The third kappa shape index (κ3) is 4.84. The Kier molecular flexibility index (Phi) is 7.13. The second-order valence-electron chi connectivity index (χ2n) is 17.2. The summed E-state index contributed by atoms with van der Waals surface area (Å²) in [5.41, 5.74) is 14.8. The molecule has 0 radical (unpaired) electrons. The molecule has 0 saturated carbocycles. The van der Waals surface area contributed by atoms with Gasteiger partial charge in [0.25, 0.3) is 0 Å². The monoisotopic (exact) mass is 845 g/mol. The predicted molar refractivity (Wildman–Crippen MR) is 272 cm³/mol. The average molecular weight is 846 g/mol. The summed E-state index contributed by atoms with van der Waals surface area (Å²) in [4.78, 5) is 2.39. The van der Waals surface area contributed by atoms with Crippen molar-refractivity contribution in [2.45, 2.75) is 0 Å². The van der Waals surface area contributed by atoms with E-state index in [1.54, 1.807) is 0 Å². The minimum Gasteiger partial charge on any atom is -0.456 e. The lowest BCUT2D eigenvalue weighted by Gasteiger charge is -2.27. The van der Waals surface area contributed by atoms with Crippen molar-refractivity contribution in [1.29, 1.82) is 0 Å². The van der Waals surface area contributed by atoms with Crippen molar-refractivity contribution >= 4 is 126 Å². The van der Waals surface area contributed by atoms with E-state index in [1.165, 1.54) is 0 Å². The van der Waals surface area contributed by atoms with Crippen molar-refractivity contribution in [1.82, 2.24) is 9.13 Å². The van der Waals surface area contributed by atoms with E-state index in [9.17, 15) is 0 Å². The number of hydrogen-bond acceptors (Lipinski definition) is 4. The van der Waals surface area contributed by atoms with Crippen LogP contribution in [-0.4, -0.2) is 9.13 Å². The minimum atomic E-state index is 0.852. The molecule has 0 unspecified atom stereocenters. The Morgan fingerprint density at radius 2 is 0.788 bits per heavy atom. The van der Waals surface area contributed by atoms with Gasteiger partial charge in [-0.1, -0.05) is 109 Å². The molecule has 0 amide bonds. The summed E-state index contributed by atoms with van der Waals surface area (Å²) >= 11 is 0. The molecule has 10 aromatic carbocycles. The fraction of sp³-hybridized carbons (Fsp3) is 0. The normalized spacial score (nSPS) is 12.2. The standard InChI is InChI=1S/C60H35N3O3/c1-3-15-36(16-4-1)61(37-17-5-2-6-18-37)51-35-47-42-29-30-50-56(43-21-7-11-23-48(43)62(50)38-27-31-54-45(33-38)40-19-9-13-25-52(40)64-54)59(42)66-60(47)57-44-22-8-12-24-49(44)63(58(51)57)39-28-32-55-46(34-39)41-20-10-14-26-53(41)65-55/h1-35H. The Bertz CT molecular complexity index is 4430. The number of para-hydroxylation sites is 6. The Morgan fingerprint density at radius 3 is 1.41 bits per heavy atom. The number of benzene rings is 10. The van der Waals surface area contributed by atoms with Crippen LogP contribution >= 0.6 is 0 Å². The fourth-order valence-electron chi connectivity index (χ4n) is 10.9. The highest BCUT2D eigenvalue weighted by Gasteiger charge is 2.28. The van der Waals surface area contributed by atoms with Gasteiger partial charge in [0.05, 0.1) is 38.5 Å². The van der Waals surface area contributed by atoms with Crippen LogP contribution in [0.5, 0.6) is 0 Å². The summed E-state index contributed by atoms with van der Waals surface area (Å²) in [6.07, 6.45) is 0. The molecule has 0 bridgehead atoms. The van der Waals surface area contributed by atoms with E-state index >= 15 is 0 Å². The molecule has 0 spiro atoms. The molecule has 15 aromatic rings. The molecule has 0 atom stereocenters. The topological polar surface area (TPSA) is 52.5 Å². The molecule has 6 heteroatoms. The maximum Gasteiger partial charge on any atom is 0.145 e. The van der Waals surface area contributed by atoms with Crippen LogP contribution < -0.4 is 4.90 Å². The zero-order valence-electron chi connectivity index (χ0n) is 35.3. The van der Waals surface area contributed by atoms with Crippen LogP contribution in [0.2, 0.25) is 0 Å². The first kappa shape index (κ1) is 35.5. The van der Waals surface area contributed by atoms with Gasteiger partial charge in [-0.25, -0.2) is 0 Å². The lowest BCUT2D eigenvalue weighted by atomic mass is 10.0. The van der Waals surface area contributed by atoms with Gasteiger partial charge in [-0.2, -0.15) is 0 Å². The van der Waals surface area contributed by atoms with Crippen LogP contribution in [0.3, 0.4) is 0 Å². The van der Waals surface area contributed by atoms with E-state index in [2.05, 4.69) is 202 Å². The first-order chi connectivity index (χ1) is 32.7. The molecule has 0 aliphatic rings. The van der Waals surface area contributed by atoms with Crippen molar-refractivity contribution < 1.29 is 13.3 Å². The molecule has 0 N–H and O–H groups in total. The van der Waals surface area contributed by atoms with Gasteiger partial charge in [-0.15, -0.1) is 0 Å². The summed E-state index contributed by atoms with van der Waals surface area (Å²) in [6.45, 7) is 0. The van der Waals surface area contributed by atoms with Crippen molar-refractivity contribution in [3.63, 3.8) is 0 Å². The molecule has 15 rings (SSSR count). The zero-order valence-corrected chi connectivity index (χ0v) is 35.3. The smallest absolute Gasteiger partial charge is 0.145 e. The van der Waals surface area contributed by atoms with Crippen LogP contribution in [0.4, 0.5) is 17.1 Å². The number of furan rings is 3. The minimum absolute atomic E-state index is 0.852. The summed E-state index contributed by atoms with van der Waals surface area (Å²) in [6, 6.07) is 75.3. The molecule has 0 saturated heterocycles. The zero-order chi connectivity index (χ0) is 43.0. The van der Waals surface area contributed by atoms with Gasteiger partial charge in [-0.3, -0.25) is 0 Å². The van der Waals surface area contributed by atoms with Crippen molar-refractivity contribution in [3.05, 3.63) is 212 Å². The molecular formula is C60H35N3O3. The Hall–Kier alpha value is -9.00. The van der Waals surface area contributed by atoms with Gasteiger partial charge in [0.2, 0.25) is 0 Å². The second-order valence-corrected chi connectivity index (χ2v) is 17.2. The molecule has 0 aliphatic heterocycles. The molecule has 6 nitrogen and oxygen atoms in total. The Morgan fingerprint density at radius 1 is 0.303 bits per heavy atom. The van der Waals surface area contributed by atoms with E-state index in [-0.39, 0.29) is 0 Å². The van der Waals surface area contributed by atoms with E-state index < -0.39 is 0 Å². The molecule has 66 heavy (non-hydrogen) atoms. The highest BCUT2D eigenvalue weighted by atomic mass is 16.3. The van der Waals surface area contributed by atoms with Gasteiger partial charge in [0.15, 0.2) is 0 Å². The number of aromatic nitrogens is 2. The molecule has 308 valence electrons. The first-order valence-electron chi connectivity index (χ1n) is 22.3. The highest BCUT2D eigenvalue weighted by Crippen LogP contribution is 2.50. The summed E-state index contributed by atoms with van der Waals surface area (Å²) in [7, 11) is 0. The predicted octanol–water partition coefficient (Wildman–Crippen LogP) is 17.0. The maximum absolute atomic E-state index is 7.50. The summed E-state index contributed by atoms with van der Waals surface area (Å²) in [5, 5.41) is 10.8. The molecule has 5 heterocycles.